The highest BCUT2D eigenvalue weighted by molar-refractivity contribution is 6.01. The molecular weight excluding hydrogens is 274 g/mol. The monoisotopic (exact) mass is 293 g/mol. The number of carbonyl (C=O) groups excluding carboxylic acids is 1. The van der Waals surface area contributed by atoms with Gasteiger partial charge in [0.25, 0.3) is 11.6 Å². The van der Waals surface area contributed by atoms with Crippen LogP contribution in [-0.2, 0) is 4.74 Å². The van der Waals surface area contributed by atoms with Gasteiger partial charge in [0, 0.05) is 19.2 Å². The van der Waals surface area contributed by atoms with Gasteiger partial charge in [-0.15, -0.1) is 0 Å². The van der Waals surface area contributed by atoms with Gasteiger partial charge in [-0.2, -0.15) is 0 Å². The number of nitrogens with two attached hydrogens (primary N) is 1. The van der Waals surface area contributed by atoms with Crippen molar-refractivity contribution in [2.75, 3.05) is 25.4 Å². The van der Waals surface area contributed by atoms with Crippen molar-refractivity contribution in [3.63, 3.8) is 0 Å². The molecule has 0 aliphatic carbocycles. The van der Waals surface area contributed by atoms with Gasteiger partial charge in [-0.05, 0) is 25.0 Å². The van der Waals surface area contributed by atoms with Gasteiger partial charge in [-0.3, -0.25) is 14.9 Å². The van der Waals surface area contributed by atoms with E-state index in [1.165, 1.54) is 6.07 Å². The first-order chi connectivity index (χ1) is 9.93. The Morgan fingerprint density at radius 3 is 2.90 bits per heavy atom. The number of nitrogen functional groups attached to an aromatic ring is 1. The van der Waals surface area contributed by atoms with Crippen LogP contribution < -0.4 is 5.73 Å². The first kappa shape index (κ1) is 15.2. The Bertz CT molecular complexity index is 574. The molecule has 1 aromatic rings. The molecule has 0 saturated carbocycles. The number of amides is 1. The van der Waals surface area contributed by atoms with Crippen molar-refractivity contribution in [1.82, 2.24) is 4.90 Å². The molecule has 0 radical (unpaired) electrons. The SMILES string of the molecule is CC[C@H]1CN(C(=O)c2cc(C)cc([N+](=O)[O-])c2N)CCO1. The van der Waals surface area contributed by atoms with Gasteiger partial charge in [0.1, 0.15) is 5.69 Å². The number of hydrogen-bond acceptors (Lipinski definition) is 5. The fourth-order valence-electron chi connectivity index (χ4n) is 2.43. The second kappa shape index (κ2) is 6.09. The predicted molar refractivity (Wildman–Crippen MR) is 78.2 cm³/mol. The molecule has 1 atom stereocenters. The number of nitro benzene ring substituents is 1. The quantitative estimate of drug-likeness (QED) is 0.520. The van der Waals surface area contributed by atoms with E-state index in [2.05, 4.69) is 0 Å². The third-order valence-corrected chi connectivity index (χ3v) is 3.61. The summed E-state index contributed by atoms with van der Waals surface area (Å²) in [6.07, 6.45) is 0.816. The summed E-state index contributed by atoms with van der Waals surface area (Å²) >= 11 is 0. The van der Waals surface area contributed by atoms with E-state index in [1.54, 1.807) is 17.9 Å². The molecule has 1 saturated heterocycles. The fourth-order valence-corrected chi connectivity index (χ4v) is 2.43. The van der Waals surface area contributed by atoms with Gasteiger partial charge >= 0.3 is 0 Å². The number of carbonyl (C=O) groups is 1. The summed E-state index contributed by atoms with van der Waals surface area (Å²) in [5.41, 5.74) is 6.34. The topological polar surface area (TPSA) is 98.7 Å². The number of aryl methyl sites for hydroxylation is 1. The van der Waals surface area contributed by atoms with E-state index in [4.69, 9.17) is 10.5 Å². The first-order valence-corrected chi connectivity index (χ1v) is 6.89. The highest BCUT2D eigenvalue weighted by Crippen LogP contribution is 2.28. The predicted octanol–water partition coefficient (Wildman–Crippen LogP) is 1.74. The number of nitro groups is 1. The maximum Gasteiger partial charge on any atom is 0.293 e. The molecule has 7 heteroatoms. The molecule has 0 spiro atoms. The third-order valence-electron chi connectivity index (χ3n) is 3.61. The molecule has 7 nitrogen and oxygen atoms in total. The Kier molecular flexibility index (Phi) is 4.42. The van der Waals surface area contributed by atoms with Gasteiger partial charge in [-0.1, -0.05) is 6.92 Å². The van der Waals surface area contributed by atoms with E-state index >= 15 is 0 Å². The van der Waals surface area contributed by atoms with Crippen molar-refractivity contribution < 1.29 is 14.5 Å². The molecule has 1 aromatic carbocycles. The van der Waals surface area contributed by atoms with Crippen molar-refractivity contribution in [2.24, 2.45) is 0 Å². The van der Waals surface area contributed by atoms with Crippen LogP contribution in [0.3, 0.4) is 0 Å². The molecule has 0 bridgehead atoms. The minimum Gasteiger partial charge on any atom is -0.393 e. The summed E-state index contributed by atoms with van der Waals surface area (Å²) in [5.74, 6) is -0.277. The van der Waals surface area contributed by atoms with Crippen LogP contribution in [0.4, 0.5) is 11.4 Å². The van der Waals surface area contributed by atoms with E-state index in [0.717, 1.165) is 6.42 Å². The van der Waals surface area contributed by atoms with Gasteiger partial charge < -0.3 is 15.4 Å². The number of anilines is 1. The molecule has 1 heterocycles. The van der Waals surface area contributed by atoms with Crippen LogP contribution in [0.5, 0.6) is 0 Å². The Morgan fingerprint density at radius 1 is 1.57 bits per heavy atom. The summed E-state index contributed by atoms with van der Waals surface area (Å²) in [6, 6.07) is 2.97. The average Bonchev–Trinajstić information content (AvgIpc) is 2.48. The van der Waals surface area contributed by atoms with E-state index < -0.39 is 4.92 Å². The van der Waals surface area contributed by atoms with Crippen LogP contribution in [0, 0.1) is 17.0 Å². The lowest BCUT2D eigenvalue weighted by Gasteiger charge is -2.32. The van der Waals surface area contributed by atoms with Crippen molar-refractivity contribution >= 4 is 17.3 Å². The molecule has 0 aromatic heterocycles. The zero-order valence-electron chi connectivity index (χ0n) is 12.2. The number of morpholine rings is 1. The van der Waals surface area contributed by atoms with Crippen LogP contribution in [0.25, 0.3) is 0 Å². The summed E-state index contributed by atoms with van der Waals surface area (Å²) in [4.78, 5) is 24.7. The fraction of sp³-hybridized carbons (Fsp3) is 0.500. The number of nitrogens with zero attached hydrogens (tertiary/aromatic N) is 2. The standard InChI is InChI=1S/C14H19N3O4/c1-3-10-8-16(4-5-21-10)14(18)11-6-9(2)7-12(13(11)15)17(19)20/h6-7,10H,3-5,8,15H2,1-2H3/t10-/m0/s1. The zero-order valence-corrected chi connectivity index (χ0v) is 12.2. The van der Waals surface area contributed by atoms with Crippen molar-refractivity contribution in [2.45, 2.75) is 26.4 Å². The highest BCUT2D eigenvalue weighted by atomic mass is 16.6. The lowest BCUT2D eigenvalue weighted by atomic mass is 10.1. The second-order valence-electron chi connectivity index (χ2n) is 5.15. The van der Waals surface area contributed by atoms with Crippen molar-refractivity contribution in [3.8, 4) is 0 Å². The zero-order chi connectivity index (χ0) is 15.6. The van der Waals surface area contributed by atoms with Crippen LogP contribution in [0.15, 0.2) is 12.1 Å². The molecule has 1 fully saturated rings. The summed E-state index contributed by atoms with van der Waals surface area (Å²) in [6.45, 7) is 5.12. The lowest BCUT2D eigenvalue weighted by molar-refractivity contribution is -0.384. The second-order valence-corrected chi connectivity index (χ2v) is 5.15. The Hall–Kier alpha value is -2.15. The van der Waals surface area contributed by atoms with Crippen LogP contribution >= 0.6 is 0 Å². The lowest BCUT2D eigenvalue weighted by Crippen LogP contribution is -2.45. The van der Waals surface area contributed by atoms with E-state index in [-0.39, 0.29) is 28.9 Å². The number of hydrogen-bond donors (Lipinski definition) is 1. The molecule has 2 rings (SSSR count). The minimum absolute atomic E-state index is 0.00344. The molecule has 1 aliphatic rings. The molecule has 2 N–H and O–H groups in total. The molecular formula is C14H19N3O4. The van der Waals surface area contributed by atoms with Crippen molar-refractivity contribution in [1.29, 1.82) is 0 Å². The molecule has 114 valence electrons. The average molecular weight is 293 g/mol. The van der Waals surface area contributed by atoms with Crippen molar-refractivity contribution in [3.05, 3.63) is 33.4 Å². The summed E-state index contributed by atoms with van der Waals surface area (Å²) < 4.78 is 5.53. The summed E-state index contributed by atoms with van der Waals surface area (Å²) in [5, 5.41) is 11.0. The van der Waals surface area contributed by atoms with Gasteiger partial charge in [0.15, 0.2) is 0 Å². The van der Waals surface area contributed by atoms with E-state index in [0.29, 0.717) is 25.3 Å². The van der Waals surface area contributed by atoms with Gasteiger partial charge in [0.2, 0.25) is 0 Å². The number of benzene rings is 1. The van der Waals surface area contributed by atoms with Gasteiger partial charge in [0.05, 0.1) is 23.2 Å². The van der Waals surface area contributed by atoms with E-state index in [1.807, 2.05) is 6.92 Å². The highest BCUT2D eigenvalue weighted by Gasteiger charge is 2.28. The Morgan fingerprint density at radius 2 is 2.29 bits per heavy atom. The minimum atomic E-state index is -0.562. The summed E-state index contributed by atoms with van der Waals surface area (Å²) in [7, 11) is 0. The van der Waals surface area contributed by atoms with Crippen LogP contribution in [-0.4, -0.2) is 41.5 Å². The van der Waals surface area contributed by atoms with Crippen LogP contribution in [0.2, 0.25) is 0 Å². The Labute approximate surface area is 122 Å². The smallest absolute Gasteiger partial charge is 0.293 e. The van der Waals surface area contributed by atoms with Gasteiger partial charge in [-0.25, -0.2) is 0 Å². The number of ether oxygens (including phenoxy) is 1. The molecule has 1 amide bonds. The largest absolute Gasteiger partial charge is 0.393 e. The Balaban J connectivity index is 2.33. The normalized spacial score (nSPS) is 18.6. The number of rotatable bonds is 3. The van der Waals surface area contributed by atoms with E-state index in [9.17, 15) is 14.9 Å². The maximum absolute atomic E-state index is 12.6. The first-order valence-electron chi connectivity index (χ1n) is 6.89. The third kappa shape index (κ3) is 3.13. The molecule has 1 aliphatic heterocycles. The molecule has 0 unspecified atom stereocenters. The maximum atomic E-state index is 12.6. The van der Waals surface area contributed by atoms with Crippen LogP contribution in [0.1, 0.15) is 29.3 Å². The molecule has 21 heavy (non-hydrogen) atoms.